The number of likely N-dealkylation sites (N-methyl/N-ethyl adjacent to an activating group) is 1. The molecule has 1 aliphatic carbocycles. The highest BCUT2D eigenvalue weighted by Gasteiger charge is 2.27. The number of hydrogen-bond donors (Lipinski definition) is 3. The summed E-state index contributed by atoms with van der Waals surface area (Å²) >= 11 is 0. The van der Waals surface area contributed by atoms with Gasteiger partial charge in [-0.1, -0.05) is 0 Å². The van der Waals surface area contributed by atoms with Crippen molar-refractivity contribution >= 4 is 11.6 Å². The van der Waals surface area contributed by atoms with Crippen LogP contribution in [0.5, 0.6) is 0 Å². The van der Waals surface area contributed by atoms with Crippen molar-refractivity contribution in [2.45, 2.75) is 31.7 Å². The Morgan fingerprint density at radius 2 is 2.06 bits per heavy atom. The standard InChI is InChI=1S/C12H22N6/c1-8(18(2)3)7-14-10-6-11(17-13)16-12(15-10)9-4-5-9/h6,8-9H,4-5,7,13H2,1-3H3,(H2,14,15,16,17). The van der Waals surface area contributed by atoms with Gasteiger partial charge in [0.25, 0.3) is 0 Å². The molecule has 0 radical (unpaired) electrons. The van der Waals surface area contributed by atoms with Gasteiger partial charge in [-0.25, -0.2) is 15.8 Å². The molecular weight excluding hydrogens is 228 g/mol. The number of hydrogen-bond acceptors (Lipinski definition) is 6. The molecule has 18 heavy (non-hydrogen) atoms. The summed E-state index contributed by atoms with van der Waals surface area (Å²) in [5.41, 5.74) is 2.60. The van der Waals surface area contributed by atoms with Gasteiger partial charge in [0.1, 0.15) is 17.5 Å². The molecule has 1 aromatic heterocycles. The summed E-state index contributed by atoms with van der Waals surface area (Å²) in [6, 6.07) is 2.28. The van der Waals surface area contributed by atoms with Crippen molar-refractivity contribution in [3.05, 3.63) is 11.9 Å². The van der Waals surface area contributed by atoms with Gasteiger partial charge in [0.2, 0.25) is 0 Å². The van der Waals surface area contributed by atoms with E-state index in [9.17, 15) is 0 Å². The first-order chi connectivity index (χ1) is 8.60. The first-order valence-corrected chi connectivity index (χ1v) is 6.36. The summed E-state index contributed by atoms with van der Waals surface area (Å²) in [5.74, 6) is 8.36. The molecule has 0 amide bonds. The minimum atomic E-state index is 0.443. The van der Waals surface area contributed by atoms with E-state index in [1.165, 1.54) is 12.8 Å². The van der Waals surface area contributed by atoms with Crippen LogP contribution in [0.4, 0.5) is 11.6 Å². The van der Waals surface area contributed by atoms with E-state index < -0.39 is 0 Å². The van der Waals surface area contributed by atoms with Crippen molar-refractivity contribution < 1.29 is 0 Å². The molecule has 1 atom stereocenters. The van der Waals surface area contributed by atoms with Crippen LogP contribution >= 0.6 is 0 Å². The number of nitrogens with one attached hydrogen (secondary N) is 2. The minimum absolute atomic E-state index is 0.443. The molecule has 6 heteroatoms. The molecule has 1 heterocycles. The Kier molecular flexibility index (Phi) is 3.98. The zero-order chi connectivity index (χ0) is 13.1. The zero-order valence-electron chi connectivity index (χ0n) is 11.3. The van der Waals surface area contributed by atoms with E-state index in [4.69, 9.17) is 5.84 Å². The predicted octanol–water partition coefficient (Wildman–Crippen LogP) is 1.00. The topological polar surface area (TPSA) is 79.1 Å². The monoisotopic (exact) mass is 250 g/mol. The van der Waals surface area contributed by atoms with Gasteiger partial charge < -0.3 is 15.6 Å². The van der Waals surface area contributed by atoms with Gasteiger partial charge in [0.15, 0.2) is 0 Å². The van der Waals surface area contributed by atoms with Crippen LogP contribution in [0, 0.1) is 0 Å². The lowest BCUT2D eigenvalue weighted by molar-refractivity contribution is 0.326. The van der Waals surface area contributed by atoms with E-state index in [1.807, 2.05) is 6.07 Å². The van der Waals surface area contributed by atoms with E-state index in [0.717, 1.165) is 18.2 Å². The number of anilines is 2. The van der Waals surface area contributed by atoms with Crippen molar-refractivity contribution in [3.63, 3.8) is 0 Å². The molecule has 6 nitrogen and oxygen atoms in total. The average molecular weight is 250 g/mol. The molecule has 0 bridgehead atoms. The number of aromatic nitrogens is 2. The van der Waals surface area contributed by atoms with E-state index in [2.05, 4.69) is 46.6 Å². The highest BCUT2D eigenvalue weighted by molar-refractivity contribution is 5.47. The van der Waals surface area contributed by atoms with Crippen LogP contribution in [-0.4, -0.2) is 41.5 Å². The Morgan fingerprint density at radius 3 is 2.61 bits per heavy atom. The van der Waals surface area contributed by atoms with E-state index in [-0.39, 0.29) is 0 Å². The maximum absolute atomic E-state index is 5.44. The molecule has 1 aromatic rings. The fourth-order valence-corrected chi connectivity index (χ4v) is 1.59. The molecule has 4 N–H and O–H groups in total. The summed E-state index contributed by atoms with van der Waals surface area (Å²) < 4.78 is 0. The fraction of sp³-hybridized carbons (Fsp3) is 0.667. The SMILES string of the molecule is CC(CNc1cc(NN)nc(C2CC2)n1)N(C)C. The van der Waals surface area contributed by atoms with Crippen LogP contribution in [-0.2, 0) is 0 Å². The largest absolute Gasteiger partial charge is 0.368 e. The maximum Gasteiger partial charge on any atom is 0.145 e. The van der Waals surface area contributed by atoms with Crippen molar-refractivity contribution in [1.29, 1.82) is 0 Å². The molecule has 2 rings (SSSR count). The zero-order valence-corrected chi connectivity index (χ0v) is 11.3. The summed E-state index contributed by atoms with van der Waals surface area (Å²) in [6.45, 7) is 3.01. The van der Waals surface area contributed by atoms with Gasteiger partial charge in [0, 0.05) is 24.6 Å². The molecule has 0 aliphatic heterocycles. The Bertz CT molecular complexity index is 402. The maximum atomic E-state index is 5.44. The van der Waals surface area contributed by atoms with Crippen LogP contribution in [0.3, 0.4) is 0 Å². The van der Waals surface area contributed by atoms with Crippen molar-refractivity contribution in [3.8, 4) is 0 Å². The minimum Gasteiger partial charge on any atom is -0.368 e. The number of rotatable bonds is 6. The van der Waals surface area contributed by atoms with E-state index in [1.54, 1.807) is 0 Å². The number of nitrogen functional groups attached to an aromatic ring is 1. The molecule has 1 saturated carbocycles. The molecule has 0 aromatic carbocycles. The van der Waals surface area contributed by atoms with E-state index in [0.29, 0.717) is 17.8 Å². The molecular formula is C12H22N6. The Morgan fingerprint density at radius 1 is 1.39 bits per heavy atom. The number of nitrogens with zero attached hydrogens (tertiary/aromatic N) is 3. The molecule has 0 saturated heterocycles. The predicted molar refractivity (Wildman–Crippen MR) is 73.5 cm³/mol. The third-order valence-corrected chi connectivity index (χ3v) is 3.29. The summed E-state index contributed by atoms with van der Waals surface area (Å²) in [7, 11) is 4.13. The van der Waals surface area contributed by atoms with E-state index >= 15 is 0 Å². The van der Waals surface area contributed by atoms with Crippen LogP contribution < -0.4 is 16.6 Å². The van der Waals surface area contributed by atoms with Crippen LogP contribution in [0.25, 0.3) is 0 Å². The highest BCUT2D eigenvalue weighted by atomic mass is 15.3. The smallest absolute Gasteiger partial charge is 0.145 e. The molecule has 100 valence electrons. The third-order valence-electron chi connectivity index (χ3n) is 3.29. The Hall–Kier alpha value is -1.40. The second-order valence-electron chi connectivity index (χ2n) is 5.11. The molecule has 1 unspecified atom stereocenters. The quantitative estimate of drug-likeness (QED) is 0.516. The summed E-state index contributed by atoms with van der Waals surface area (Å²) in [5, 5.41) is 3.34. The first-order valence-electron chi connectivity index (χ1n) is 6.36. The van der Waals surface area contributed by atoms with Crippen molar-refractivity contribution in [2.24, 2.45) is 5.84 Å². The normalized spacial score (nSPS) is 16.7. The van der Waals surface area contributed by atoms with Gasteiger partial charge in [-0.2, -0.15) is 0 Å². The van der Waals surface area contributed by atoms with Crippen LogP contribution in [0.15, 0.2) is 6.07 Å². The second kappa shape index (κ2) is 5.49. The average Bonchev–Trinajstić information content (AvgIpc) is 3.19. The Labute approximate surface area is 108 Å². The third kappa shape index (κ3) is 3.30. The molecule has 1 aliphatic rings. The lowest BCUT2D eigenvalue weighted by Gasteiger charge is -2.20. The van der Waals surface area contributed by atoms with Gasteiger partial charge in [-0.05, 0) is 33.9 Å². The Balaban J connectivity index is 2.04. The van der Waals surface area contributed by atoms with Crippen molar-refractivity contribution in [1.82, 2.24) is 14.9 Å². The van der Waals surface area contributed by atoms with Gasteiger partial charge in [-0.15, -0.1) is 0 Å². The van der Waals surface area contributed by atoms with Gasteiger partial charge in [-0.3, -0.25) is 0 Å². The van der Waals surface area contributed by atoms with Gasteiger partial charge >= 0.3 is 0 Å². The number of hydrazine groups is 1. The van der Waals surface area contributed by atoms with Gasteiger partial charge in [0.05, 0.1) is 0 Å². The van der Waals surface area contributed by atoms with Crippen LogP contribution in [0.1, 0.15) is 31.5 Å². The summed E-state index contributed by atoms with van der Waals surface area (Å²) in [6.07, 6.45) is 2.36. The fourth-order valence-electron chi connectivity index (χ4n) is 1.59. The first kappa shape index (κ1) is 13.0. The lowest BCUT2D eigenvalue weighted by atomic mass is 10.3. The second-order valence-corrected chi connectivity index (χ2v) is 5.11. The van der Waals surface area contributed by atoms with Crippen molar-refractivity contribution in [2.75, 3.05) is 31.4 Å². The number of nitrogens with two attached hydrogens (primary N) is 1. The highest BCUT2D eigenvalue weighted by Crippen LogP contribution is 2.38. The lowest BCUT2D eigenvalue weighted by Crippen LogP contribution is -2.31. The molecule has 0 spiro atoms. The van der Waals surface area contributed by atoms with Crippen LogP contribution in [0.2, 0.25) is 0 Å². The summed E-state index contributed by atoms with van der Waals surface area (Å²) in [4.78, 5) is 11.1. The molecule has 1 fully saturated rings.